The SMILES string of the molecule is CCCCCCCCCCCCCC(=O)O[C@H](COC(=O)CCCCCCCCCCCC)COP(=O)(O)OC[C@H](O)COP(=O)(O)OC[C@@H](COC(=O)CCCCCCCCCCCCC(C)CC)OC(=O)CCCCCCCCCCCCCCCC(C)C. The Bertz CT molecular complexity index is 1770. The van der Waals surface area contributed by atoms with Crippen molar-refractivity contribution in [1.82, 2.24) is 0 Å². The minimum Gasteiger partial charge on any atom is -0.462 e. The van der Waals surface area contributed by atoms with E-state index in [-0.39, 0.29) is 25.7 Å². The lowest BCUT2D eigenvalue weighted by atomic mass is 9.99. The molecule has 0 saturated heterocycles. The van der Waals surface area contributed by atoms with Crippen LogP contribution in [-0.4, -0.2) is 96.7 Å². The van der Waals surface area contributed by atoms with Crippen LogP contribution >= 0.6 is 15.6 Å². The fourth-order valence-corrected chi connectivity index (χ4v) is 12.5. The minimum absolute atomic E-state index is 0.107. The molecule has 0 fully saturated rings. The molecule has 0 aliphatic rings. The second-order valence-corrected chi connectivity index (χ2v) is 29.6. The molecule has 3 unspecified atom stereocenters. The van der Waals surface area contributed by atoms with Gasteiger partial charge in [-0.3, -0.25) is 37.3 Å². The van der Waals surface area contributed by atoms with Crippen LogP contribution in [0.4, 0.5) is 0 Å². The van der Waals surface area contributed by atoms with Gasteiger partial charge in [0, 0.05) is 25.7 Å². The Kier molecular flexibility index (Phi) is 62.7. The van der Waals surface area contributed by atoms with Crippen molar-refractivity contribution in [1.29, 1.82) is 0 Å². The molecule has 0 radical (unpaired) electrons. The molecule has 19 heteroatoms. The zero-order chi connectivity index (χ0) is 67.2. The van der Waals surface area contributed by atoms with Crippen molar-refractivity contribution < 1.29 is 80.2 Å². The number of esters is 4. The summed E-state index contributed by atoms with van der Waals surface area (Å²) in [5, 5.41) is 10.6. The van der Waals surface area contributed by atoms with Gasteiger partial charge in [0.15, 0.2) is 12.2 Å². The average Bonchev–Trinajstić information content (AvgIpc) is 3.23. The van der Waals surface area contributed by atoms with E-state index in [2.05, 4.69) is 41.5 Å². The van der Waals surface area contributed by atoms with Gasteiger partial charge in [-0.05, 0) is 37.5 Å². The van der Waals surface area contributed by atoms with E-state index in [0.717, 1.165) is 102 Å². The number of phosphoric acid groups is 2. The second kappa shape index (κ2) is 64.1. The number of hydrogen-bond acceptors (Lipinski definition) is 15. The van der Waals surface area contributed by atoms with E-state index in [1.54, 1.807) is 0 Å². The summed E-state index contributed by atoms with van der Waals surface area (Å²) in [6.45, 7) is 9.60. The van der Waals surface area contributed by atoms with Gasteiger partial charge in [-0.25, -0.2) is 9.13 Å². The first-order valence-electron chi connectivity index (χ1n) is 37.5. The molecule has 0 aromatic rings. The van der Waals surface area contributed by atoms with Crippen molar-refractivity contribution in [3.05, 3.63) is 0 Å². The van der Waals surface area contributed by atoms with Crippen LogP contribution in [0.2, 0.25) is 0 Å². The molecule has 0 spiro atoms. The van der Waals surface area contributed by atoms with Crippen LogP contribution in [0.15, 0.2) is 0 Å². The summed E-state index contributed by atoms with van der Waals surface area (Å²) < 4.78 is 68.4. The van der Waals surface area contributed by atoms with Gasteiger partial charge in [0.1, 0.15) is 19.3 Å². The third-order valence-electron chi connectivity index (χ3n) is 17.1. The number of ether oxygens (including phenoxy) is 4. The molecule has 0 aliphatic carbocycles. The van der Waals surface area contributed by atoms with Crippen molar-refractivity contribution in [2.45, 2.75) is 387 Å². The lowest BCUT2D eigenvalue weighted by molar-refractivity contribution is -0.161. The van der Waals surface area contributed by atoms with E-state index in [9.17, 15) is 43.2 Å². The van der Waals surface area contributed by atoms with Gasteiger partial charge in [-0.1, -0.05) is 318 Å². The van der Waals surface area contributed by atoms with Gasteiger partial charge < -0.3 is 33.8 Å². The van der Waals surface area contributed by atoms with Crippen LogP contribution in [0.5, 0.6) is 0 Å². The van der Waals surface area contributed by atoms with Crippen molar-refractivity contribution in [2.75, 3.05) is 39.6 Å². The number of aliphatic hydroxyl groups is 1. The molecule has 17 nitrogen and oxygen atoms in total. The summed E-state index contributed by atoms with van der Waals surface area (Å²) in [6.07, 6.45) is 49.7. The zero-order valence-electron chi connectivity index (χ0n) is 59.1. The van der Waals surface area contributed by atoms with Crippen LogP contribution in [0.3, 0.4) is 0 Å². The predicted molar refractivity (Wildman–Crippen MR) is 368 cm³/mol. The largest absolute Gasteiger partial charge is 0.472 e. The van der Waals surface area contributed by atoms with E-state index in [4.69, 9.17) is 37.0 Å². The minimum atomic E-state index is -4.95. The van der Waals surface area contributed by atoms with Crippen LogP contribution in [0.1, 0.15) is 369 Å². The van der Waals surface area contributed by atoms with Gasteiger partial charge in [-0.15, -0.1) is 0 Å². The first kappa shape index (κ1) is 89.1. The summed E-state index contributed by atoms with van der Waals surface area (Å²) in [4.78, 5) is 72.6. The Labute approximate surface area is 556 Å². The van der Waals surface area contributed by atoms with Gasteiger partial charge >= 0.3 is 39.5 Å². The van der Waals surface area contributed by atoms with Crippen molar-refractivity contribution in [2.24, 2.45) is 11.8 Å². The predicted octanol–water partition coefficient (Wildman–Crippen LogP) is 20.8. The van der Waals surface area contributed by atoms with Crippen molar-refractivity contribution >= 4 is 39.5 Å². The van der Waals surface area contributed by atoms with E-state index in [1.165, 1.54) is 186 Å². The maximum atomic E-state index is 13.0. The fraction of sp³-hybridized carbons (Fsp3) is 0.944. The number of hydrogen-bond donors (Lipinski definition) is 3. The molecule has 0 heterocycles. The van der Waals surface area contributed by atoms with Gasteiger partial charge in [0.2, 0.25) is 0 Å². The van der Waals surface area contributed by atoms with Crippen molar-refractivity contribution in [3.63, 3.8) is 0 Å². The third kappa shape index (κ3) is 65.1. The second-order valence-electron chi connectivity index (χ2n) is 26.7. The topological polar surface area (TPSA) is 237 Å². The normalized spacial score (nSPS) is 14.4. The highest BCUT2D eigenvalue weighted by atomic mass is 31.2. The third-order valence-corrected chi connectivity index (χ3v) is 19.0. The lowest BCUT2D eigenvalue weighted by Crippen LogP contribution is -2.30. The maximum Gasteiger partial charge on any atom is 0.472 e. The summed E-state index contributed by atoms with van der Waals surface area (Å²) in [5.74, 6) is -0.524. The molecule has 0 aliphatic heterocycles. The summed E-state index contributed by atoms with van der Waals surface area (Å²) in [6, 6.07) is 0. The maximum absolute atomic E-state index is 13.0. The molecule has 0 saturated carbocycles. The van der Waals surface area contributed by atoms with Crippen molar-refractivity contribution in [3.8, 4) is 0 Å². The van der Waals surface area contributed by atoms with Crippen LogP contribution in [0, 0.1) is 11.8 Å². The quantitative estimate of drug-likeness (QED) is 0.0222. The van der Waals surface area contributed by atoms with E-state index in [1.807, 2.05) is 0 Å². The average molecular weight is 1340 g/mol. The molecule has 3 N–H and O–H groups in total. The van der Waals surface area contributed by atoms with E-state index >= 15 is 0 Å². The Hall–Kier alpha value is -1.94. The summed E-state index contributed by atoms with van der Waals surface area (Å²) in [7, 11) is -9.90. The molecule has 540 valence electrons. The number of rotatable bonds is 71. The van der Waals surface area contributed by atoms with Gasteiger partial charge in [-0.2, -0.15) is 0 Å². The number of phosphoric ester groups is 2. The lowest BCUT2D eigenvalue weighted by Gasteiger charge is -2.21. The Morgan fingerprint density at radius 1 is 0.319 bits per heavy atom. The molecule has 0 aromatic carbocycles. The van der Waals surface area contributed by atoms with Gasteiger partial charge in [0.05, 0.1) is 26.4 Å². The molecule has 6 atom stereocenters. The molecular weight excluding hydrogens is 1200 g/mol. The highest BCUT2D eigenvalue weighted by Gasteiger charge is 2.30. The van der Waals surface area contributed by atoms with Gasteiger partial charge in [0.25, 0.3) is 0 Å². The Morgan fingerprint density at radius 3 is 0.835 bits per heavy atom. The molecule has 91 heavy (non-hydrogen) atoms. The van der Waals surface area contributed by atoms with E-state index in [0.29, 0.717) is 25.7 Å². The molecule has 0 bridgehead atoms. The highest BCUT2D eigenvalue weighted by molar-refractivity contribution is 7.47. The summed E-state index contributed by atoms with van der Waals surface area (Å²) in [5.41, 5.74) is 0. The zero-order valence-corrected chi connectivity index (χ0v) is 60.9. The fourth-order valence-electron chi connectivity index (χ4n) is 10.9. The van der Waals surface area contributed by atoms with Crippen LogP contribution in [0.25, 0.3) is 0 Å². The molecule has 0 amide bonds. The van der Waals surface area contributed by atoms with E-state index < -0.39 is 97.5 Å². The monoisotopic (exact) mass is 1340 g/mol. The molecular formula is C72H140O17P2. The first-order valence-corrected chi connectivity index (χ1v) is 40.5. The molecule has 0 aromatic heterocycles. The highest BCUT2D eigenvalue weighted by Crippen LogP contribution is 2.45. The standard InChI is InChI=1S/C72H140O17P2/c1-7-10-12-14-16-18-23-32-38-44-50-56-71(76)88-67(60-82-69(74)54-48-42-36-30-19-17-15-13-11-8-2)62-86-90(78,79)84-58-66(73)59-85-91(80,81)87-63-68(61-83-70(75)55-49-43-37-31-27-26-29-35-41-47-53-65(6)9-3)89-72(77)57-51-45-39-33-25-22-20-21-24-28-34-40-46-52-64(4)5/h64-68,73H,7-63H2,1-6H3,(H,78,79)(H,80,81)/t65?,66-,67+,68+/m0/s1. The molecule has 0 rings (SSSR count). The Balaban J connectivity index is 5.25. The Morgan fingerprint density at radius 2 is 0.560 bits per heavy atom. The smallest absolute Gasteiger partial charge is 0.462 e. The van der Waals surface area contributed by atoms with Crippen LogP contribution < -0.4 is 0 Å². The first-order chi connectivity index (χ1) is 43.9. The number of unbranched alkanes of at least 4 members (excludes halogenated alkanes) is 40. The van der Waals surface area contributed by atoms with Crippen LogP contribution in [-0.2, 0) is 65.4 Å². The summed E-state index contributed by atoms with van der Waals surface area (Å²) >= 11 is 0. The number of aliphatic hydroxyl groups excluding tert-OH is 1. The number of carbonyl (C=O) groups excluding carboxylic acids is 4. The number of carbonyl (C=O) groups is 4.